The summed E-state index contributed by atoms with van der Waals surface area (Å²) < 4.78 is 6.06. The zero-order valence-electron chi connectivity index (χ0n) is 16.3. The van der Waals surface area contributed by atoms with E-state index in [9.17, 15) is 4.79 Å². The lowest BCUT2D eigenvalue weighted by Gasteiger charge is -2.31. The van der Waals surface area contributed by atoms with Crippen LogP contribution < -0.4 is 4.74 Å². The van der Waals surface area contributed by atoms with E-state index in [1.165, 1.54) is 5.56 Å². The lowest BCUT2D eigenvalue weighted by atomic mass is 9.76. The zero-order chi connectivity index (χ0) is 18.5. The SMILES string of the molecule is CCCC(Oc1ccc(C(C)(C)CC)cc1C(C)(C)CC)C(=O)Cl. The minimum Gasteiger partial charge on any atom is -0.481 e. The van der Waals surface area contributed by atoms with E-state index in [4.69, 9.17) is 16.3 Å². The van der Waals surface area contributed by atoms with Crippen molar-refractivity contribution in [2.75, 3.05) is 0 Å². The highest BCUT2D eigenvalue weighted by Gasteiger charge is 2.28. The van der Waals surface area contributed by atoms with Crippen molar-refractivity contribution in [1.29, 1.82) is 0 Å². The van der Waals surface area contributed by atoms with Gasteiger partial charge in [-0.05, 0) is 53.3 Å². The molecule has 0 heterocycles. The number of halogens is 1. The van der Waals surface area contributed by atoms with Crippen molar-refractivity contribution >= 4 is 16.8 Å². The molecule has 1 atom stereocenters. The van der Waals surface area contributed by atoms with Crippen LogP contribution >= 0.6 is 11.6 Å². The van der Waals surface area contributed by atoms with E-state index in [-0.39, 0.29) is 10.8 Å². The van der Waals surface area contributed by atoms with Crippen molar-refractivity contribution in [2.24, 2.45) is 0 Å². The summed E-state index contributed by atoms with van der Waals surface area (Å²) in [7, 11) is 0. The first-order valence-corrected chi connectivity index (χ1v) is 9.47. The third-order valence-electron chi connectivity index (χ3n) is 5.33. The van der Waals surface area contributed by atoms with Gasteiger partial charge in [0.2, 0.25) is 0 Å². The Morgan fingerprint density at radius 2 is 1.67 bits per heavy atom. The molecule has 0 bridgehead atoms. The molecule has 0 amide bonds. The number of rotatable bonds is 9. The van der Waals surface area contributed by atoms with E-state index >= 15 is 0 Å². The van der Waals surface area contributed by atoms with Gasteiger partial charge in [-0.25, -0.2) is 0 Å². The van der Waals surface area contributed by atoms with Gasteiger partial charge in [-0.3, -0.25) is 4.79 Å². The topological polar surface area (TPSA) is 26.3 Å². The van der Waals surface area contributed by atoms with Gasteiger partial charge in [0.15, 0.2) is 6.10 Å². The van der Waals surface area contributed by atoms with E-state index in [0.717, 1.165) is 30.6 Å². The molecule has 2 nitrogen and oxygen atoms in total. The summed E-state index contributed by atoms with van der Waals surface area (Å²) in [6.45, 7) is 15.4. The average molecular weight is 353 g/mol. The average Bonchev–Trinajstić information content (AvgIpc) is 2.54. The quantitative estimate of drug-likeness (QED) is 0.482. The number of carbonyl (C=O) groups excluding carboxylic acids is 1. The summed E-state index contributed by atoms with van der Waals surface area (Å²) in [4.78, 5) is 11.7. The monoisotopic (exact) mass is 352 g/mol. The minimum atomic E-state index is -0.576. The molecule has 3 heteroatoms. The molecule has 0 spiro atoms. The Hall–Kier alpha value is -1.02. The molecular formula is C21H33ClO2. The summed E-state index contributed by atoms with van der Waals surface area (Å²) in [5.74, 6) is 0.782. The first-order valence-electron chi connectivity index (χ1n) is 9.10. The third kappa shape index (κ3) is 4.99. The molecule has 0 aromatic heterocycles. The second kappa shape index (κ2) is 8.38. The van der Waals surface area contributed by atoms with E-state index in [1.807, 2.05) is 13.0 Å². The van der Waals surface area contributed by atoms with Gasteiger partial charge in [-0.2, -0.15) is 0 Å². The number of ether oxygens (including phenoxy) is 1. The Balaban J connectivity index is 3.36. The van der Waals surface area contributed by atoms with Gasteiger partial charge in [0, 0.05) is 5.56 Å². The van der Waals surface area contributed by atoms with E-state index < -0.39 is 11.3 Å². The summed E-state index contributed by atoms with van der Waals surface area (Å²) in [5.41, 5.74) is 2.55. The first-order chi connectivity index (χ1) is 11.1. The van der Waals surface area contributed by atoms with Crippen LogP contribution in [0.25, 0.3) is 0 Å². The van der Waals surface area contributed by atoms with Crippen LogP contribution in [0, 0.1) is 0 Å². The van der Waals surface area contributed by atoms with E-state index in [0.29, 0.717) is 6.42 Å². The lowest BCUT2D eigenvalue weighted by Crippen LogP contribution is -2.26. The predicted molar refractivity (Wildman–Crippen MR) is 103 cm³/mol. The Kier molecular flexibility index (Phi) is 7.34. The highest BCUT2D eigenvalue weighted by molar-refractivity contribution is 6.64. The van der Waals surface area contributed by atoms with Gasteiger partial charge >= 0.3 is 0 Å². The van der Waals surface area contributed by atoms with Crippen LogP contribution in [0.3, 0.4) is 0 Å². The van der Waals surface area contributed by atoms with Gasteiger partial charge in [0.05, 0.1) is 0 Å². The molecule has 0 saturated heterocycles. The summed E-state index contributed by atoms with van der Waals surface area (Å²) in [5, 5.41) is -0.421. The molecule has 0 aliphatic heterocycles. The number of hydrogen-bond donors (Lipinski definition) is 0. The van der Waals surface area contributed by atoms with Crippen LogP contribution in [0.4, 0.5) is 0 Å². The van der Waals surface area contributed by atoms with Gasteiger partial charge in [0.25, 0.3) is 5.24 Å². The maximum absolute atomic E-state index is 11.7. The van der Waals surface area contributed by atoms with Crippen molar-refractivity contribution < 1.29 is 9.53 Å². The zero-order valence-corrected chi connectivity index (χ0v) is 17.1. The number of hydrogen-bond acceptors (Lipinski definition) is 2. The molecule has 0 aliphatic carbocycles. The lowest BCUT2D eigenvalue weighted by molar-refractivity contribution is -0.118. The third-order valence-corrected chi connectivity index (χ3v) is 5.57. The largest absolute Gasteiger partial charge is 0.481 e. The predicted octanol–water partition coefficient (Wildman–Crippen LogP) is 6.37. The van der Waals surface area contributed by atoms with Gasteiger partial charge in [-0.1, -0.05) is 67.0 Å². The van der Waals surface area contributed by atoms with Crippen LogP contribution in [-0.4, -0.2) is 11.3 Å². The van der Waals surface area contributed by atoms with Crippen molar-refractivity contribution in [3.8, 4) is 5.75 Å². The fourth-order valence-corrected chi connectivity index (χ4v) is 2.77. The molecule has 0 radical (unpaired) electrons. The Bertz CT molecular complexity index is 561. The maximum atomic E-state index is 11.7. The summed E-state index contributed by atoms with van der Waals surface area (Å²) in [6, 6.07) is 6.39. The standard InChI is InChI=1S/C21H33ClO2/c1-8-11-18(19(22)23)24-17-13-12-15(20(4,5)9-2)14-16(17)21(6,7)10-3/h12-14,18H,8-11H2,1-7H3. The highest BCUT2D eigenvalue weighted by Crippen LogP contribution is 2.39. The van der Waals surface area contributed by atoms with Gasteiger partial charge in [0.1, 0.15) is 5.75 Å². The summed E-state index contributed by atoms with van der Waals surface area (Å²) >= 11 is 5.74. The van der Waals surface area contributed by atoms with Crippen molar-refractivity contribution in [2.45, 2.75) is 91.1 Å². The molecule has 0 aliphatic rings. The fourth-order valence-electron chi connectivity index (χ4n) is 2.61. The normalized spacial score (nSPS) is 13.7. The molecule has 1 aromatic rings. The van der Waals surface area contributed by atoms with Crippen LogP contribution in [0.2, 0.25) is 0 Å². The molecule has 0 N–H and O–H groups in total. The van der Waals surface area contributed by atoms with Crippen LogP contribution in [0.15, 0.2) is 18.2 Å². The summed E-state index contributed by atoms with van der Waals surface area (Å²) in [6.07, 6.45) is 2.98. The minimum absolute atomic E-state index is 0.0265. The molecule has 1 rings (SSSR count). The van der Waals surface area contributed by atoms with E-state index in [2.05, 4.69) is 53.7 Å². The fraction of sp³-hybridized carbons (Fsp3) is 0.667. The molecule has 0 fully saturated rings. The van der Waals surface area contributed by atoms with Crippen LogP contribution in [0.5, 0.6) is 5.75 Å². The van der Waals surface area contributed by atoms with Crippen molar-refractivity contribution in [3.63, 3.8) is 0 Å². The van der Waals surface area contributed by atoms with Gasteiger partial charge in [-0.15, -0.1) is 0 Å². The van der Waals surface area contributed by atoms with Crippen LogP contribution in [0.1, 0.15) is 85.3 Å². The Morgan fingerprint density at radius 1 is 1.08 bits per heavy atom. The molecule has 1 aromatic carbocycles. The first kappa shape index (κ1) is 21.0. The van der Waals surface area contributed by atoms with Crippen LogP contribution in [-0.2, 0) is 15.6 Å². The van der Waals surface area contributed by atoms with Crippen molar-refractivity contribution in [1.82, 2.24) is 0 Å². The molecule has 0 saturated carbocycles. The van der Waals surface area contributed by atoms with Gasteiger partial charge < -0.3 is 4.74 Å². The maximum Gasteiger partial charge on any atom is 0.262 e. The molecule has 24 heavy (non-hydrogen) atoms. The van der Waals surface area contributed by atoms with E-state index in [1.54, 1.807) is 0 Å². The number of benzene rings is 1. The Morgan fingerprint density at radius 3 is 2.12 bits per heavy atom. The Labute approximate surface area is 152 Å². The molecule has 136 valence electrons. The smallest absolute Gasteiger partial charge is 0.262 e. The van der Waals surface area contributed by atoms with Crippen molar-refractivity contribution in [3.05, 3.63) is 29.3 Å². The second-order valence-electron chi connectivity index (χ2n) is 7.89. The highest BCUT2D eigenvalue weighted by atomic mass is 35.5. The number of carbonyl (C=O) groups is 1. The molecular weight excluding hydrogens is 320 g/mol. The molecule has 1 unspecified atom stereocenters. The second-order valence-corrected chi connectivity index (χ2v) is 8.26.